The Balaban J connectivity index is 1.28. The second kappa shape index (κ2) is 9.43. The first-order valence-corrected chi connectivity index (χ1v) is 17.8. The van der Waals surface area contributed by atoms with Crippen molar-refractivity contribution >= 4 is 10.0 Å². The van der Waals surface area contributed by atoms with E-state index in [1.807, 2.05) is 37.4 Å². The monoisotopic (exact) mass is 592 g/mol. The fourth-order valence-electron chi connectivity index (χ4n) is 10.5. The molecule has 0 aromatic heterocycles. The van der Waals surface area contributed by atoms with Crippen LogP contribution < -0.4 is 9.47 Å². The Morgan fingerprint density at radius 1 is 1.07 bits per heavy atom. The molecule has 4 saturated carbocycles. The topological polar surface area (TPSA) is 68.3 Å². The molecule has 2 aromatic carbocycles. The predicted molar refractivity (Wildman–Crippen MR) is 161 cm³/mol. The van der Waals surface area contributed by atoms with Gasteiger partial charge in [-0.15, -0.1) is 0 Å². The molecule has 6 unspecified atom stereocenters. The number of hydrogen-bond donors (Lipinski definition) is 0. The van der Waals surface area contributed by atoms with Crippen LogP contribution in [0.2, 0.25) is 0 Å². The van der Waals surface area contributed by atoms with Gasteiger partial charge in [0, 0.05) is 55.1 Å². The molecule has 6 atom stereocenters. The van der Waals surface area contributed by atoms with Gasteiger partial charge in [0.25, 0.3) is 0 Å². The molecule has 2 heterocycles. The fourth-order valence-corrected chi connectivity index (χ4v) is 11.3. The molecule has 2 spiro atoms. The first-order valence-electron chi connectivity index (χ1n) is 15.9. The highest BCUT2D eigenvalue weighted by atomic mass is 32.2. The lowest BCUT2D eigenvalue weighted by molar-refractivity contribution is -0.262. The van der Waals surface area contributed by atoms with E-state index in [9.17, 15) is 8.42 Å². The summed E-state index contributed by atoms with van der Waals surface area (Å²) < 4.78 is 48.1. The molecule has 9 rings (SSSR count). The van der Waals surface area contributed by atoms with Crippen molar-refractivity contribution in [2.75, 3.05) is 40.1 Å². The van der Waals surface area contributed by atoms with Crippen LogP contribution in [0.15, 0.2) is 42.5 Å². The fraction of sp³-hybridized carbons (Fsp3) is 0.647. The van der Waals surface area contributed by atoms with Gasteiger partial charge in [-0.1, -0.05) is 36.4 Å². The molecule has 7 nitrogen and oxygen atoms in total. The van der Waals surface area contributed by atoms with Crippen molar-refractivity contribution in [2.24, 2.45) is 17.3 Å². The molecule has 1 saturated heterocycles. The summed E-state index contributed by atoms with van der Waals surface area (Å²) in [6.45, 7) is 3.13. The summed E-state index contributed by atoms with van der Waals surface area (Å²) in [5.41, 5.74) is 3.10. The molecular formula is C34H44N2O5S. The average Bonchev–Trinajstić information content (AvgIpc) is 3.73. The van der Waals surface area contributed by atoms with Crippen LogP contribution >= 0.6 is 0 Å². The van der Waals surface area contributed by atoms with Crippen molar-refractivity contribution < 1.29 is 22.6 Å². The highest BCUT2D eigenvalue weighted by molar-refractivity contribution is 7.88. The van der Waals surface area contributed by atoms with E-state index in [1.54, 1.807) is 11.4 Å². The second-order valence-electron chi connectivity index (χ2n) is 14.1. The van der Waals surface area contributed by atoms with Gasteiger partial charge < -0.3 is 14.2 Å². The molecule has 2 aromatic rings. The summed E-state index contributed by atoms with van der Waals surface area (Å²) in [6.07, 6.45) is 10.1. The number of hydrogen-bond acceptors (Lipinski definition) is 6. The van der Waals surface area contributed by atoms with E-state index in [0.29, 0.717) is 19.1 Å². The Bertz CT molecular complexity index is 1490. The number of likely N-dealkylation sites (tertiary alicyclic amines) is 1. The van der Waals surface area contributed by atoms with Gasteiger partial charge >= 0.3 is 0 Å². The summed E-state index contributed by atoms with van der Waals surface area (Å²) in [4.78, 5) is 2.86. The Morgan fingerprint density at radius 2 is 1.88 bits per heavy atom. The average molecular weight is 593 g/mol. The van der Waals surface area contributed by atoms with Crippen molar-refractivity contribution in [3.8, 4) is 11.5 Å². The number of methoxy groups -OCH3 is 2. The van der Waals surface area contributed by atoms with Gasteiger partial charge in [-0.2, -0.15) is 4.31 Å². The minimum atomic E-state index is -3.45. The van der Waals surface area contributed by atoms with E-state index in [4.69, 9.17) is 14.2 Å². The molecular weight excluding hydrogens is 548 g/mol. The van der Waals surface area contributed by atoms with E-state index in [0.717, 1.165) is 68.1 Å². The van der Waals surface area contributed by atoms with Crippen LogP contribution in [0.3, 0.4) is 0 Å². The van der Waals surface area contributed by atoms with Crippen LogP contribution in [-0.4, -0.2) is 75.5 Å². The number of sulfonamides is 1. The van der Waals surface area contributed by atoms with Crippen molar-refractivity contribution in [3.05, 3.63) is 59.2 Å². The molecule has 0 radical (unpaired) electrons. The number of fused-ring (bicyclic) bond motifs is 2. The molecule has 0 amide bonds. The molecule has 5 fully saturated rings. The first kappa shape index (κ1) is 27.4. The second-order valence-corrected chi connectivity index (χ2v) is 16.1. The highest BCUT2D eigenvalue weighted by Gasteiger charge is 2.80. The van der Waals surface area contributed by atoms with Crippen LogP contribution in [0.5, 0.6) is 11.5 Å². The van der Waals surface area contributed by atoms with Crippen LogP contribution in [0, 0.1) is 17.3 Å². The summed E-state index contributed by atoms with van der Waals surface area (Å²) in [5, 5.41) is 0. The molecule has 226 valence electrons. The smallest absolute Gasteiger partial charge is 0.211 e. The summed E-state index contributed by atoms with van der Waals surface area (Å²) in [5.74, 6) is 2.59. The molecule has 7 aliphatic rings. The van der Waals surface area contributed by atoms with Gasteiger partial charge in [-0.3, -0.25) is 4.90 Å². The molecule has 5 aliphatic carbocycles. The molecule has 0 N–H and O–H groups in total. The zero-order valence-electron chi connectivity index (χ0n) is 25.2. The van der Waals surface area contributed by atoms with Crippen molar-refractivity contribution in [1.82, 2.24) is 9.21 Å². The molecule has 2 aliphatic heterocycles. The van der Waals surface area contributed by atoms with Gasteiger partial charge in [-0.05, 0) is 81.0 Å². The number of rotatable bonds is 9. The van der Waals surface area contributed by atoms with Gasteiger partial charge in [-0.25, -0.2) is 8.42 Å². The van der Waals surface area contributed by atoms with Crippen LogP contribution in [0.4, 0.5) is 0 Å². The number of benzene rings is 2. The Morgan fingerprint density at radius 3 is 2.60 bits per heavy atom. The zero-order valence-corrected chi connectivity index (χ0v) is 26.0. The summed E-state index contributed by atoms with van der Waals surface area (Å²) >= 11 is 0. The molecule has 42 heavy (non-hydrogen) atoms. The molecule has 4 bridgehead atoms. The maximum Gasteiger partial charge on any atom is 0.211 e. The van der Waals surface area contributed by atoms with Crippen molar-refractivity contribution in [3.63, 3.8) is 0 Å². The normalized spacial score (nSPS) is 36.4. The van der Waals surface area contributed by atoms with Crippen LogP contribution in [-0.2, 0) is 33.1 Å². The van der Waals surface area contributed by atoms with E-state index in [1.165, 1.54) is 36.8 Å². The van der Waals surface area contributed by atoms with E-state index in [-0.39, 0.29) is 22.9 Å². The minimum absolute atomic E-state index is 0.00847. The zero-order chi connectivity index (χ0) is 28.9. The largest absolute Gasteiger partial charge is 0.493 e. The minimum Gasteiger partial charge on any atom is -0.493 e. The number of ether oxygens (including phenoxy) is 3. The van der Waals surface area contributed by atoms with Gasteiger partial charge in [0.15, 0.2) is 11.5 Å². The standard InChI is InChI=1S/C34H44N2O5S/c1-39-27-13-12-25-18-28-32-15-16-34(40-2,26(19-32)22-36(42(3,37)38)21-23-8-5-4-6-9-23)31-33(32,29(25)30(27)41-31)14-7-17-35(28)20-24-10-11-24/h4-6,8-9,12-13,24,26,28,31H,7,10-11,14-22H2,1-3H3. The Kier molecular flexibility index (Phi) is 6.16. The van der Waals surface area contributed by atoms with E-state index < -0.39 is 15.6 Å². The predicted octanol–water partition coefficient (Wildman–Crippen LogP) is 4.77. The summed E-state index contributed by atoms with van der Waals surface area (Å²) in [7, 11) is 0.124. The van der Waals surface area contributed by atoms with E-state index in [2.05, 4.69) is 17.0 Å². The van der Waals surface area contributed by atoms with Crippen LogP contribution in [0.25, 0.3) is 0 Å². The lowest BCUT2D eigenvalue weighted by atomic mass is 9.36. The third kappa shape index (κ3) is 3.64. The Labute approximate surface area is 250 Å². The molecule has 8 heteroatoms. The number of nitrogens with zero attached hydrogens (tertiary/aromatic N) is 2. The third-order valence-corrected chi connectivity index (χ3v) is 13.5. The van der Waals surface area contributed by atoms with Gasteiger partial charge in [0.05, 0.1) is 13.4 Å². The highest BCUT2D eigenvalue weighted by Crippen LogP contribution is 2.76. The Hall–Kier alpha value is -2.13. The third-order valence-electron chi connectivity index (χ3n) is 12.3. The van der Waals surface area contributed by atoms with Crippen LogP contribution in [0.1, 0.15) is 61.6 Å². The first-order chi connectivity index (χ1) is 20.3. The summed E-state index contributed by atoms with van der Waals surface area (Å²) in [6, 6.07) is 14.8. The van der Waals surface area contributed by atoms with Gasteiger partial charge in [0.1, 0.15) is 11.7 Å². The van der Waals surface area contributed by atoms with E-state index >= 15 is 0 Å². The van der Waals surface area contributed by atoms with Gasteiger partial charge in [0.2, 0.25) is 10.0 Å². The quantitative estimate of drug-likeness (QED) is 0.418. The van der Waals surface area contributed by atoms with Crippen molar-refractivity contribution in [2.45, 2.75) is 81.1 Å². The SMILES string of the molecule is COc1ccc2c3c1OC1C4(OC)CCC5(CC4CN(Cc4ccccc4)S(C)(=O)=O)C(C2)N(CC2CC2)CCCC315. The maximum absolute atomic E-state index is 13.3. The maximum atomic E-state index is 13.3. The van der Waals surface area contributed by atoms with Crippen molar-refractivity contribution in [1.29, 1.82) is 0 Å². The lowest BCUT2D eigenvalue weighted by Crippen LogP contribution is -2.78. The lowest BCUT2D eigenvalue weighted by Gasteiger charge is -2.71.